The molecule has 1 aromatic carbocycles. The van der Waals surface area contributed by atoms with E-state index in [1.165, 1.54) is 11.3 Å². The van der Waals surface area contributed by atoms with Gasteiger partial charge in [0.25, 0.3) is 5.91 Å². The second-order valence-electron chi connectivity index (χ2n) is 8.64. The lowest BCUT2D eigenvalue weighted by Crippen LogP contribution is -2.41. The lowest BCUT2D eigenvalue weighted by Gasteiger charge is -2.22. The molecule has 0 unspecified atom stereocenters. The fraction of sp³-hybridized carbons (Fsp3) is 0.455. The number of thiazole rings is 1. The van der Waals surface area contributed by atoms with Crippen LogP contribution in [0.5, 0.6) is 5.75 Å². The summed E-state index contributed by atoms with van der Waals surface area (Å²) in [6.45, 7) is 14.1. The van der Waals surface area contributed by atoms with E-state index in [4.69, 9.17) is 9.26 Å². The summed E-state index contributed by atoms with van der Waals surface area (Å²) in [6, 6.07) is 7.70. The van der Waals surface area contributed by atoms with Crippen LogP contribution in [0.15, 0.2) is 28.8 Å². The molecule has 0 bridgehead atoms. The zero-order valence-electron chi connectivity index (χ0n) is 18.5. The van der Waals surface area contributed by atoms with Crippen molar-refractivity contribution in [3.63, 3.8) is 0 Å². The van der Waals surface area contributed by atoms with E-state index >= 15 is 0 Å². The molecule has 160 valence electrons. The number of nitrogens with zero attached hydrogens (tertiary/aromatic N) is 3. The van der Waals surface area contributed by atoms with Gasteiger partial charge in [-0.3, -0.25) is 4.79 Å². The molecule has 3 aromatic rings. The third-order valence-electron chi connectivity index (χ3n) is 4.47. The molecule has 0 aliphatic rings. The van der Waals surface area contributed by atoms with E-state index in [2.05, 4.69) is 20.4 Å². The molecule has 0 saturated carbocycles. The van der Waals surface area contributed by atoms with Gasteiger partial charge in [-0.2, -0.15) is 4.98 Å². The van der Waals surface area contributed by atoms with Gasteiger partial charge in [0.05, 0.1) is 17.8 Å². The predicted molar refractivity (Wildman–Crippen MR) is 117 cm³/mol. The van der Waals surface area contributed by atoms with E-state index < -0.39 is 5.54 Å². The number of nitrogens with one attached hydrogen (secondary N) is 1. The van der Waals surface area contributed by atoms with E-state index in [0.29, 0.717) is 28.9 Å². The maximum atomic E-state index is 13.0. The summed E-state index contributed by atoms with van der Waals surface area (Å²) in [5.74, 6) is 1.57. The Bertz CT molecular complexity index is 1030. The van der Waals surface area contributed by atoms with E-state index in [1.54, 1.807) is 0 Å². The molecule has 0 fully saturated rings. The minimum Gasteiger partial charge on any atom is -0.494 e. The standard InChI is InChI=1S/C22H28N4O3S/c1-8-28-15-11-9-14(10-12-15)18-23-13(2)16(30-18)17(27)25-22(6,7)19-24-20(29-26-19)21(3,4)5/h9-12H,8H2,1-7H3,(H,25,27). The van der Waals surface area contributed by atoms with Crippen molar-refractivity contribution in [3.8, 4) is 16.3 Å². The molecule has 8 heteroatoms. The van der Waals surface area contributed by atoms with Crippen molar-refractivity contribution in [2.24, 2.45) is 0 Å². The van der Waals surface area contributed by atoms with Crippen LogP contribution >= 0.6 is 11.3 Å². The van der Waals surface area contributed by atoms with Crippen molar-refractivity contribution >= 4 is 17.2 Å². The molecule has 7 nitrogen and oxygen atoms in total. The normalized spacial score (nSPS) is 12.1. The van der Waals surface area contributed by atoms with Crippen LogP contribution in [0.25, 0.3) is 10.6 Å². The number of aryl methyl sites for hydroxylation is 1. The molecular weight excluding hydrogens is 400 g/mol. The SMILES string of the molecule is CCOc1ccc(-c2nc(C)c(C(=O)NC(C)(C)c3noc(C(C)(C)C)n3)s2)cc1. The Kier molecular flexibility index (Phi) is 5.99. The van der Waals surface area contributed by atoms with Gasteiger partial charge in [0.1, 0.15) is 15.6 Å². The van der Waals surface area contributed by atoms with Crippen LogP contribution < -0.4 is 10.1 Å². The second kappa shape index (κ2) is 8.18. The van der Waals surface area contributed by atoms with Gasteiger partial charge in [0.15, 0.2) is 5.82 Å². The molecular formula is C22H28N4O3S. The van der Waals surface area contributed by atoms with Crippen molar-refractivity contribution in [3.05, 3.63) is 46.6 Å². The number of carbonyl (C=O) groups excluding carboxylic acids is 1. The average molecular weight is 429 g/mol. The molecule has 0 atom stereocenters. The summed E-state index contributed by atoms with van der Waals surface area (Å²) in [7, 11) is 0. The minimum absolute atomic E-state index is 0.214. The summed E-state index contributed by atoms with van der Waals surface area (Å²) < 4.78 is 10.9. The van der Waals surface area contributed by atoms with Crippen molar-refractivity contribution in [1.82, 2.24) is 20.4 Å². The van der Waals surface area contributed by atoms with Gasteiger partial charge in [-0.1, -0.05) is 25.9 Å². The zero-order chi connectivity index (χ0) is 22.1. The Balaban J connectivity index is 1.79. The molecule has 0 radical (unpaired) electrons. The maximum absolute atomic E-state index is 13.0. The van der Waals surface area contributed by atoms with Crippen molar-refractivity contribution < 1.29 is 14.1 Å². The number of amides is 1. The number of hydrogen-bond acceptors (Lipinski definition) is 7. The maximum Gasteiger partial charge on any atom is 0.264 e. The summed E-state index contributed by atoms with van der Waals surface area (Å²) in [5.41, 5.74) is 0.574. The lowest BCUT2D eigenvalue weighted by molar-refractivity contribution is 0.0911. The summed E-state index contributed by atoms with van der Waals surface area (Å²) in [4.78, 5) is 22.6. The number of hydrogen-bond donors (Lipinski definition) is 1. The largest absolute Gasteiger partial charge is 0.494 e. The summed E-state index contributed by atoms with van der Waals surface area (Å²) in [5, 5.41) is 7.87. The van der Waals surface area contributed by atoms with Crippen LogP contribution in [0.3, 0.4) is 0 Å². The highest BCUT2D eigenvalue weighted by atomic mass is 32.1. The van der Waals surface area contributed by atoms with E-state index in [9.17, 15) is 4.79 Å². The van der Waals surface area contributed by atoms with Crippen molar-refractivity contribution in [1.29, 1.82) is 0 Å². The Labute approximate surface area is 180 Å². The van der Waals surface area contributed by atoms with E-state index in [0.717, 1.165) is 16.3 Å². The zero-order valence-corrected chi connectivity index (χ0v) is 19.3. The van der Waals surface area contributed by atoms with Crippen molar-refractivity contribution in [2.75, 3.05) is 6.61 Å². The number of ether oxygens (including phenoxy) is 1. The predicted octanol–water partition coefficient (Wildman–Crippen LogP) is 4.86. The quantitative estimate of drug-likeness (QED) is 0.603. The number of carbonyl (C=O) groups is 1. The fourth-order valence-corrected chi connectivity index (χ4v) is 3.74. The molecule has 0 aliphatic carbocycles. The molecule has 30 heavy (non-hydrogen) atoms. The lowest BCUT2D eigenvalue weighted by atomic mass is 9.97. The van der Waals surface area contributed by atoms with Crippen LogP contribution in [-0.4, -0.2) is 27.6 Å². The molecule has 1 N–H and O–H groups in total. The smallest absolute Gasteiger partial charge is 0.264 e. The fourth-order valence-electron chi connectivity index (χ4n) is 2.77. The Hall–Kier alpha value is -2.74. The number of aromatic nitrogens is 3. The van der Waals surface area contributed by atoms with Gasteiger partial charge in [0, 0.05) is 11.0 Å². The van der Waals surface area contributed by atoms with E-state index in [1.807, 2.05) is 72.7 Å². The van der Waals surface area contributed by atoms with Crippen LogP contribution in [0.1, 0.15) is 68.6 Å². The minimum atomic E-state index is -0.792. The average Bonchev–Trinajstić information content (AvgIpc) is 3.30. The second-order valence-corrected chi connectivity index (χ2v) is 9.64. The third-order valence-corrected chi connectivity index (χ3v) is 5.67. The first-order valence-corrected chi connectivity index (χ1v) is 10.7. The topological polar surface area (TPSA) is 90.1 Å². The molecule has 1 amide bonds. The molecule has 0 aliphatic heterocycles. The van der Waals surface area contributed by atoms with Crippen LogP contribution in [0.2, 0.25) is 0 Å². The first kappa shape index (κ1) is 22.0. The summed E-state index contributed by atoms with van der Waals surface area (Å²) >= 11 is 1.36. The van der Waals surface area contributed by atoms with Gasteiger partial charge >= 0.3 is 0 Å². The number of benzene rings is 1. The van der Waals surface area contributed by atoms with Gasteiger partial charge < -0.3 is 14.6 Å². The van der Waals surface area contributed by atoms with Gasteiger partial charge in [-0.25, -0.2) is 4.98 Å². The molecule has 3 rings (SSSR count). The highest BCUT2D eigenvalue weighted by Gasteiger charge is 2.32. The third kappa shape index (κ3) is 4.70. The highest BCUT2D eigenvalue weighted by molar-refractivity contribution is 7.17. The summed E-state index contributed by atoms with van der Waals surface area (Å²) in [6.07, 6.45) is 0. The Morgan fingerprint density at radius 2 is 1.80 bits per heavy atom. The van der Waals surface area contributed by atoms with Crippen LogP contribution in [-0.2, 0) is 11.0 Å². The van der Waals surface area contributed by atoms with Gasteiger partial charge in [0.2, 0.25) is 5.89 Å². The van der Waals surface area contributed by atoms with Crippen LogP contribution in [0, 0.1) is 6.92 Å². The van der Waals surface area contributed by atoms with E-state index in [-0.39, 0.29) is 11.3 Å². The molecule has 2 aromatic heterocycles. The monoisotopic (exact) mass is 428 g/mol. The highest BCUT2D eigenvalue weighted by Crippen LogP contribution is 2.30. The van der Waals surface area contributed by atoms with Gasteiger partial charge in [-0.05, 0) is 52.0 Å². The van der Waals surface area contributed by atoms with Crippen LogP contribution in [0.4, 0.5) is 0 Å². The molecule has 0 saturated heterocycles. The van der Waals surface area contributed by atoms with Crippen molar-refractivity contribution in [2.45, 2.75) is 59.4 Å². The number of rotatable bonds is 6. The molecule has 0 spiro atoms. The Morgan fingerprint density at radius 1 is 1.13 bits per heavy atom. The first-order valence-electron chi connectivity index (χ1n) is 9.89. The van der Waals surface area contributed by atoms with Gasteiger partial charge in [-0.15, -0.1) is 11.3 Å². The Morgan fingerprint density at radius 3 is 2.37 bits per heavy atom. The molecule has 2 heterocycles. The first-order chi connectivity index (χ1) is 14.0.